The lowest BCUT2D eigenvalue weighted by molar-refractivity contribution is 0.222. The van der Waals surface area contributed by atoms with Gasteiger partial charge in [-0.2, -0.15) is 0 Å². The van der Waals surface area contributed by atoms with Crippen molar-refractivity contribution >= 4 is 0 Å². The maximum atomic E-state index is 8.60. The topological polar surface area (TPSA) is 23.5 Å². The first kappa shape index (κ1) is 11.0. The number of rotatable bonds is 6. The van der Waals surface area contributed by atoms with Crippen molar-refractivity contribution in [1.29, 1.82) is 0 Å². The lowest BCUT2D eigenvalue weighted by Crippen LogP contribution is -2.30. The van der Waals surface area contributed by atoms with E-state index < -0.39 is 0 Å². The predicted molar refractivity (Wildman–Crippen MR) is 55.8 cm³/mol. The fourth-order valence-electron chi connectivity index (χ4n) is 1.98. The number of hydrogen-bond donors (Lipinski definition) is 1. The van der Waals surface area contributed by atoms with E-state index in [1.54, 1.807) is 0 Å². The summed E-state index contributed by atoms with van der Waals surface area (Å²) in [6.45, 7) is 4.29. The molecule has 0 unspecified atom stereocenters. The van der Waals surface area contributed by atoms with Crippen LogP contribution in [0.4, 0.5) is 0 Å². The predicted octanol–water partition coefficient (Wildman–Crippen LogP) is 2.02. The fourth-order valence-corrected chi connectivity index (χ4v) is 1.98. The summed E-state index contributed by atoms with van der Waals surface area (Å²) in [6, 6.07) is 0. The van der Waals surface area contributed by atoms with E-state index in [1.165, 1.54) is 58.2 Å². The van der Waals surface area contributed by atoms with Gasteiger partial charge in [0.25, 0.3) is 0 Å². The molecule has 0 saturated carbocycles. The molecule has 0 aromatic heterocycles. The summed E-state index contributed by atoms with van der Waals surface area (Å²) in [4.78, 5) is 2.59. The van der Waals surface area contributed by atoms with Crippen molar-refractivity contribution in [3.05, 3.63) is 0 Å². The fraction of sp³-hybridized carbons (Fsp3) is 1.00. The van der Waals surface area contributed by atoms with Gasteiger partial charge in [0.2, 0.25) is 0 Å². The first-order valence-electron chi connectivity index (χ1n) is 5.76. The SMILES string of the molecule is OCCCCCCN1CCCCC1. The van der Waals surface area contributed by atoms with Crippen LogP contribution in [0.25, 0.3) is 0 Å². The summed E-state index contributed by atoms with van der Waals surface area (Å²) in [5.41, 5.74) is 0. The minimum Gasteiger partial charge on any atom is -0.396 e. The average molecular weight is 185 g/mol. The summed E-state index contributed by atoms with van der Waals surface area (Å²) in [5, 5.41) is 8.60. The lowest BCUT2D eigenvalue weighted by Gasteiger charge is -2.26. The smallest absolute Gasteiger partial charge is 0.0431 e. The van der Waals surface area contributed by atoms with Crippen LogP contribution in [0.15, 0.2) is 0 Å². The molecule has 0 bridgehead atoms. The molecular weight excluding hydrogens is 162 g/mol. The highest BCUT2D eigenvalue weighted by molar-refractivity contribution is 4.64. The quantitative estimate of drug-likeness (QED) is 0.640. The zero-order chi connectivity index (χ0) is 9.36. The van der Waals surface area contributed by atoms with E-state index in [4.69, 9.17) is 5.11 Å². The summed E-state index contributed by atoms with van der Waals surface area (Å²) < 4.78 is 0. The molecule has 1 saturated heterocycles. The van der Waals surface area contributed by atoms with Crippen LogP contribution in [0.5, 0.6) is 0 Å². The van der Waals surface area contributed by atoms with Crippen LogP contribution in [0.2, 0.25) is 0 Å². The van der Waals surface area contributed by atoms with Gasteiger partial charge in [-0.15, -0.1) is 0 Å². The summed E-state index contributed by atoms with van der Waals surface area (Å²) in [7, 11) is 0. The van der Waals surface area contributed by atoms with Crippen molar-refractivity contribution in [2.24, 2.45) is 0 Å². The van der Waals surface area contributed by atoms with Crippen LogP contribution >= 0.6 is 0 Å². The van der Waals surface area contributed by atoms with Crippen molar-refractivity contribution in [2.45, 2.75) is 44.9 Å². The molecule has 0 spiro atoms. The van der Waals surface area contributed by atoms with Crippen LogP contribution in [-0.2, 0) is 0 Å². The van der Waals surface area contributed by atoms with E-state index in [-0.39, 0.29) is 0 Å². The Morgan fingerprint density at radius 2 is 1.54 bits per heavy atom. The molecule has 1 rings (SSSR count). The third-order valence-corrected chi connectivity index (χ3v) is 2.83. The van der Waals surface area contributed by atoms with Gasteiger partial charge < -0.3 is 10.0 Å². The van der Waals surface area contributed by atoms with Crippen molar-refractivity contribution in [3.8, 4) is 0 Å². The molecule has 78 valence electrons. The second-order valence-electron chi connectivity index (χ2n) is 4.04. The second kappa shape index (κ2) is 7.34. The second-order valence-corrected chi connectivity index (χ2v) is 4.04. The molecule has 1 fully saturated rings. The van der Waals surface area contributed by atoms with Gasteiger partial charge in [0, 0.05) is 6.61 Å². The minimum atomic E-state index is 0.365. The molecule has 0 radical (unpaired) electrons. The molecule has 1 heterocycles. The highest BCUT2D eigenvalue weighted by Gasteiger charge is 2.08. The number of hydrogen-bond acceptors (Lipinski definition) is 2. The molecule has 0 atom stereocenters. The Kier molecular flexibility index (Phi) is 6.21. The van der Waals surface area contributed by atoms with Crippen LogP contribution in [0.1, 0.15) is 44.9 Å². The molecule has 0 aromatic carbocycles. The Bertz CT molecular complexity index is 111. The van der Waals surface area contributed by atoms with E-state index in [2.05, 4.69) is 4.90 Å². The van der Waals surface area contributed by atoms with Crippen LogP contribution < -0.4 is 0 Å². The highest BCUT2D eigenvalue weighted by atomic mass is 16.2. The van der Waals surface area contributed by atoms with Gasteiger partial charge in [-0.3, -0.25) is 0 Å². The van der Waals surface area contributed by atoms with Gasteiger partial charge in [0.05, 0.1) is 0 Å². The van der Waals surface area contributed by atoms with Crippen molar-refractivity contribution in [2.75, 3.05) is 26.2 Å². The van der Waals surface area contributed by atoms with Crippen molar-refractivity contribution in [3.63, 3.8) is 0 Å². The molecule has 13 heavy (non-hydrogen) atoms. The Morgan fingerprint density at radius 1 is 0.846 bits per heavy atom. The van der Waals surface area contributed by atoms with E-state index >= 15 is 0 Å². The standard InChI is InChI=1S/C11H23NO/c13-11-7-2-1-4-8-12-9-5-3-6-10-12/h13H,1-11H2. The molecular formula is C11H23NO. The van der Waals surface area contributed by atoms with E-state index in [0.717, 1.165) is 6.42 Å². The third kappa shape index (κ3) is 5.27. The largest absolute Gasteiger partial charge is 0.396 e. The normalized spacial score (nSPS) is 19.2. The van der Waals surface area contributed by atoms with Crippen molar-refractivity contribution in [1.82, 2.24) is 4.90 Å². The molecule has 0 aliphatic carbocycles. The maximum absolute atomic E-state index is 8.60. The number of aliphatic hydroxyl groups is 1. The number of piperidine rings is 1. The first-order valence-corrected chi connectivity index (χ1v) is 5.76. The third-order valence-electron chi connectivity index (χ3n) is 2.83. The first-order chi connectivity index (χ1) is 6.43. The average Bonchev–Trinajstić information content (AvgIpc) is 2.19. The minimum absolute atomic E-state index is 0.365. The molecule has 2 heteroatoms. The monoisotopic (exact) mass is 185 g/mol. The van der Waals surface area contributed by atoms with Crippen LogP contribution in [-0.4, -0.2) is 36.2 Å². The number of nitrogens with zero attached hydrogens (tertiary/aromatic N) is 1. The molecule has 0 aromatic rings. The zero-order valence-corrected chi connectivity index (χ0v) is 8.67. The van der Waals surface area contributed by atoms with Crippen LogP contribution in [0, 0.1) is 0 Å². The van der Waals surface area contributed by atoms with E-state index in [1.807, 2.05) is 0 Å². The summed E-state index contributed by atoms with van der Waals surface area (Å²) in [5.74, 6) is 0. The number of likely N-dealkylation sites (tertiary alicyclic amines) is 1. The number of aliphatic hydroxyl groups excluding tert-OH is 1. The lowest BCUT2D eigenvalue weighted by atomic mass is 10.1. The van der Waals surface area contributed by atoms with Gasteiger partial charge in [0.1, 0.15) is 0 Å². The maximum Gasteiger partial charge on any atom is 0.0431 e. The zero-order valence-electron chi connectivity index (χ0n) is 8.67. The van der Waals surface area contributed by atoms with Gasteiger partial charge in [-0.05, 0) is 45.3 Å². The highest BCUT2D eigenvalue weighted by Crippen LogP contribution is 2.10. The molecule has 2 nitrogen and oxygen atoms in total. The molecule has 0 amide bonds. The number of unbranched alkanes of at least 4 members (excludes halogenated alkanes) is 3. The Labute approximate surface area is 81.9 Å². The van der Waals surface area contributed by atoms with E-state index in [9.17, 15) is 0 Å². The summed E-state index contributed by atoms with van der Waals surface area (Å²) >= 11 is 0. The van der Waals surface area contributed by atoms with Crippen molar-refractivity contribution < 1.29 is 5.11 Å². The van der Waals surface area contributed by atoms with Crippen LogP contribution in [0.3, 0.4) is 0 Å². The molecule has 1 aliphatic heterocycles. The molecule has 1 aliphatic rings. The Hall–Kier alpha value is -0.0800. The Balaban J connectivity index is 1.86. The summed E-state index contributed by atoms with van der Waals surface area (Å²) in [6.07, 6.45) is 9.02. The Morgan fingerprint density at radius 3 is 2.23 bits per heavy atom. The van der Waals surface area contributed by atoms with Gasteiger partial charge in [-0.1, -0.05) is 19.3 Å². The van der Waals surface area contributed by atoms with Gasteiger partial charge in [-0.25, -0.2) is 0 Å². The van der Waals surface area contributed by atoms with E-state index in [0.29, 0.717) is 6.61 Å². The molecule has 1 N–H and O–H groups in total. The van der Waals surface area contributed by atoms with Gasteiger partial charge >= 0.3 is 0 Å². The van der Waals surface area contributed by atoms with Gasteiger partial charge in [0.15, 0.2) is 0 Å².